The highest BCUT2D eigenvalue weighted by Crippen LogP contribution is 2.22. The van der Waals surface area contributed by atoms with Crippen LogP contribution in [0.2, 0.25) is 0 Å². The number of nitrogens with one attached hydrogen (secondary N) is 1. The molecule has 0 aromatic heterocycles. The third kappa shape index (κ3) is 1.83. The number of hydrazine groups is 1. The standard InChI is InChI=1S/C11H18N2/c1-4-9-6-7-11(13-12)8(3)10(9)5-2/h6-7,13H,4-5,12H2,1-3H3. The van der Waals surface area contributed by atoms with E-state index in [-0.39, 0.29) is 0 Å². The monoisotopic (exact) mass is 178 g/mol. The molecule has 0 spiro atoms. The molecule has 0 heterocycles. The minimum absolute atomic E-state index is 1.04. The van der Waals surface area contributed by atoms with Crippen molar-refractivity contribution in [1.29, 1.82) is 0 Å². The average molecular weight is 178 g/mol. The van der Waals surface area contributed by atoms with Gasteiger partial charge in [-0.1, -0.05) is 19.9 Å². The topological polar surface area (TPSA) is 38.0 Å². The molecule has 2 nitrogen and oxygen atoms in total. The van der Waals surface area contributed by atoms with Crippen molar-refractivity contribution in [3.8, 4) is 0 Å². The summed E-state index contributed by atoms with van der Waals surface area (Å²) in [6.45, 7) is 6.48. The van der Waals surface area contributed by atoms with Gasteiger partial charge in [0.25, 0.3) is 0 Å². The Kier molecular flexibility index (Phi) is 3.32. The van der Waals surface area contributed by atoms with E-state index in [1.54, 1.807) is 0 Å². The third-order valence-corrected chi connectivity index (χ3v) is 2.59. The van der Waals surface area contributed by atoms with Gasteiger partial charge in [-0.05, 0) is 42.5 Å². The van der Waals surface area contributed by atoms with Crippen molar-refractivity contribution in [3.63, 3.8) is 0 Å². The van der Waals surface area contributed by atoms with Crippen molar-refractivity contribution >= 4 is 5.69 Å². The van der Waals surface area contributed by atoms with Crippen LogP contribution in [0.5, 0.6) is 0 Å². The maximum absolute atomic E-state index is 5.42. The number of hydrogen-bond donors (Lipinski definition) is 2. The van der Waals surface area contributed by atoms with Crippen LogP contribution in [0.3, 0.4) is 0 Å². The molecule has 1 aromatic carbocycles. The van der Waals surface area contributed by atoms with E-state index in [1.165, 1.54) is 16.7 Å². The summed E-state index contributed by atoms with van der Waals surface area (Å²) in [5.74, 6) is 5.42. The van der Waals surface area contributed by atoms with E-state index >= 15 is 0 Å². The highest BCUT2D eigenvalue weighted by atomic mass is 15.2. The number of rotatable bonds is 3. The Labute approximate surface area is 80.1 Å². The van der Waals surface area contributed by atoms with Gasteiger partial charge in [0.2, 0.25) is 0 Å². The summed E-state index contributed by atoms with van der Waals surface area (Å²) in [6, 6.07) is 4.20. The fraction of sp³-hybridized carbons (Fsp3) is 0.455. The Balaban J connectivity index is 3.23. The highest BCUT2D eigenvalue weighted by Gasteiger charge is 2.05. The van der Waals surface area contributed by atoms with E-state index in [2.05, 4.69) is 32.3 Å². The molecule has 1 rings (SSSR count). The van der Waals surface area contributed by atoms with Gasteiger partial charge in [-0.2, -0.15) is 0 Å². The third-order valence-electron chi connectivity index (χ3n) is 2.59. The second-order valence-corrected chi connectivity index (χ2v) is 3.23. The molecule has 13 heavy (non-hydrogen) atoms. The molecule has 0 aliphatic carbocycles. The molecule has 2 heteroatoms. The Morgan fingerprint density at radius 1 is 1.23 bits per heavy atom. The van der Waals surface area contributed by atoms with Gasteiger partial charge in [0.15, 0.2) is 0 Å². The van der Waals surface area contributed by atoms with Crippen molar-refractivity contribution in [2.24, 2.45) is 5.84 Å². The first kappa shape index (κ1) is 10.1. The second kappa shape index (κ2) is 4.28. The number of aryl methyl sites for hydroxylation is 1. The van der Waals surface area contributed by atoms with E-state index in [0.717, 1.165) is 18.5 Å². The minimum atomic E-state index is 1.04. The van der Waals surface area contributed by atoms with E-state index in [9.17, 15) is 0 Å². The quantitative estimate of drug-likeness (QED) is 0.551. The molecule has 0 fully saturated rings. The molecule has 0 saturated heterocycles. The van der Waals surface area contributed by atoms with E-state index < -0.39 is 0 Å². The molecule has 0 radical (unpaired) electrons. The number of nitrogens with two attached hydrogens (primary N) is 1. The summed E-state index contributed by atoms with van der Waals surface area (Å²) in [7, 11) is 0. The molecule has 0 aliphatic heterocycles. The summed E-state index contributed by atoms with van der Waals surface area (Å²) >= 11 is 0. The van der Waals surface area contributed by atoms with Crippen molar-refractivity contribution in [1.82, 2.24) is 0 Å². The molecule has 0 saturated carbocycles. The van der Waals surface area contributed by atoms with Crippen LogP contribution in [0.1, 0.15) is 30.5 Å². The number of anilines is 1. The predicted octanol–water partition coefficient (Wildman–Crippen LogP) is 2.41. The van der Waals surface area contributed by atoms with Crippen LogP contribution in [0.25, 0.3) is 0 Å². The Morgan fingerprint density at radius 3 is 2.38 bits per heavy atom. The molecular weight excluding hydrogens is 160 g/mol. The van der Waals surface area contributed by atoms with Gasteiger partial charge in [0.1, 0.15) is 0 Å². The normalized spacial score (nSPS) is 10.2. The van der Waals surface area contributed by atoms with Crippen LogP contribution in [-0.4, -0.2) is 0 Å². The lowest BCUT2D eigenvalue weighted by molar-refractivity contribution is 1.02. The van der Waals surface area contributed by atoms with Gasteiger partial charge in [-0.3, -0.25) is 5.84 Å². The van der Waals surface area contributed by atoms with Gasteiger partial charge < -0.3 is 5.43 Å². The molecular formula is C11H18N2. The first-order valence-electron chi connectivity index (χ1n) is 4.82. The summed E-state index contributed by atoms with van der Waals surface area (Å²) in [6.07, 6.45) is 2.17. The van der Waals surface area contributed by atoms with E-state index in [1.807, 2.05) is 6.07 Å². The Morgan fingerprint density at radius 2 is 1.92 bits per heavy atom. The molecule has 0 atom stereocenters. The summed E-state index contributed by atoms with van der Waals surface area (Å²) in [4.78, 5) is 0. The average Bonchev–Trinajstić information content (AvgIpc) is 2.17. The SMILES string of the molecule is CCc1ccc(NN)c(C)c1CC. The van der Waals surface area contributed by atoms with Crippen LogP contribution in [-0.2, 0) is 12.8 Å². The maximum Gasteiger partial charge on any atom is 0.0517 e. The lowest BCUT2D eigenvalue weighted by Crippen LogP contribution is -2.10. The number of hydrogen-bond acceptors (Lipinski definition) is 2. The second-order valence-electron chi connectivity index (χ2n) is 3.23. The lowest BCUT2D eigenvalue weighted by Gasteiger charge is -2.13. The van der Waals surface area contributed by atoms with Crippen LogP contribution < -0.4 is 11.3 Å². The smallest absolute Gasteiger partial charge is 0.0517 e. The van der Waals surface area contributed by atoms with Crippen LogP contribution in [0.15, 0.2) is 12.1 Å². The first-order valence-corrected chi connectivity index (χ1v) is 4.82. The van der Waals surface area contributed by atoms with Crippen LogP contribution in [0, 0.1) is 6.92 Å². The van der Waals surface area contributed by atoms with Crippen molar-refractivity contribution in [2.75, 3.05) is 5.43 Å². The molecule has 72 valence electrons. The fourth-order valence-electron chi connectivity index (χ4n) is 1.79. The summed E-state index contributed by atoms with van der Waals surface area (Å²) < 4.78 is 0. The highest BCUT2D eigenvalue weighted by molar-refractivity contribution is 5.55. The predicted molar refractivity (Wildman–Crippen MR) is 57.7 cm³/mol. The van der Waals surface area contributed by atoms with E-state index in [4.69, 9.17) is 5.84 Å². The van der Waals surface area contributed by atoms with Gasteiger partial charge in [-0.15, -0.1) is 0 Å². The van der Waals surface area contributed by atoms with Crippen molar-refractivity contribution in [2.45, 2.75) is 33.6 Å². The first-order chi connectivity index (χ1) is 6.24. The van der Waals surface area contributed by atoms with Gasteiger partial charge in [0, 0.05) is 0 Å². The molecule has 1 aromatic rings. The summed E-state index contributed by atoms with van der Waals surface area (Å²) in [5.41, 5.74) is 7.90. The molecule has 3 N–H and O–H groups in total. The van der Waals surface area contributed by atoms with Gasteiger partial charge >= 0.3 is 0 Å². The Hall–Kier alpha value is -1.02. The van der Waals surface area contributed by atoms with Crippen molar-refractivity contribution < 1.29 is 0 Å². The zero-order valence-corrected chi connectivity index (χ0v) is 8.65. The minimum Gasteiger partial charge on any atom is -0.324 e. The van der Waals surface area contributed by atoms with Crippen LogP contribution >= 0.6 is 0 Å². The molecule has 0 amide bonds. The number of nitrogen functional groups attached to an aromatic ring is 1. The Bertz CT molecular complexity index is 292. The van der Waals surface area contributed by atoms with Crippen LogP contribution in [0.4, 0.5) is 5.69 Å². The van der Waals surface area contributed by atoms with E-state index in [0.29, 0.717) is 0 Å². The fourth-order valence-corrected chi connectivity index (χ4v) is 1.79. The largest absolute Gasteiger partial charge is 0.324 e. The molecule has 0 aliphatic rings. The maximum atomic E-state index is 5.42. The molecule has 0 unspecified atom stereocenters. The number of benzene rings is 1. The lowest BCUT2D eigenvalue weighted by atomic mass is 9.97. The van der Waals surface area contributed by atoms with Gasteiger partial charge in [0.05, 0.1) is 5.69 Å². The van der Waals surface area contributed by atoms with Gasteiger partial charge in [-0.25, -0.2) is 0 Å². The summed E-state index contributed by atoms with van der Waals surface area (Å²) in [5, 5.41) is 0. The van der Waals surface area contributed by atoms with Crippen molar-refractivity contribution in [3.05, 3.63) is 28.8 Å². The molecule has 0 bridgehead atoms. The zero-order valence-electron chi connectivity index (χ0n) is 8.65. The zero-order chi connectivity index (χ0) is 9.84.